The quantitative estimate of drug-likeness (QED) is 0.704. The zero-order chi connectivity index (χ0) is 11.0. The van der Waals surface area contributed by atoms with Gasteiger partial charge < -0.3 is 0 Å². The number of fused-ring (bicyclic) bond motifs is 1. The smallest absolute Gasteiger partial charge is 0.251 e. The monoisotopic (exact) mass is 203 g/mol. The molecule has 4 nitrogen and oxygen atoms in total. The van der Waals surface area contributed by atoms with E-state index in [4.69, 9.17) is 0 Å². The fourth-order valence-electron chi connectivity index (χ4n) is 1.66. The van der Waals surface area contributed by atoms with Crippen LogP contribution < -0.4 is 5.56 Å². The highest BCUT2D eigenvalue weighted by Crippen LogP contribution is 2.19. The summed E-state index contributed by atoms with van der Waals surface area (Å²) >= 11 is 0. The summed E-state index contributed by atoms with van der Waals surface area (Å²) in [6.07, 6.45) is 1.51. The fourth-order valence-corrected chi connectivity index (χ4v) is 1.66. The van der Waals surface area contributed by atoms with Crippen molar-refractivity contribution in [3.05, 3.63) is 34.5 Å². The van der Waals surface area contributed by atoms with E-state index in [2.05, 4.69) is 23.8 Å². The van der Waals surface area contributed by atoms with Gasteiger partial charge in [0.05, 0.1) is 5.69 Å². The minimum atomic E-state index is -0.0455. The van der Waals surface area contributed by atoms with Crippen LogP contribution in [0.5, 0.6) is 0 Å². The average Bonchev–Trinajstić information content (AvgIpc) is 2.23. The van der Waals surface area contributed by atoms with Crippen molar-refractivity contribution in [2.24, 2.45) is 7.05 Å². The van der Waals surface area contributed by atoms with E-state index in [1.54, 1.807) is 23.7 Å². The molecule has 0 radical (unpaired) electrons. The van der Waals surface area contributed by atoms with Gasteiger partial charge in [-0.3, -0.25) is 9.36 Å². The van der Waals surface area contributed by atoms with Gasteiger partial charge in [-0.1, -0.05) is 13.8 Å². The van der Waals surface area contributed by atoms with Crippen LogP contribution in [0.3, 0.4) is 0 Å². The number of nitrogens with zero attached hydrogens (tertiary/aromatic N) is 3. The van der Waals surface area contributed by atoms with Gasteiger partial charge in [-0.15, -0.1) is 0 Å². The second kappa shape index (κ2) is 3.46. The first kappa shape index (κ1) is 9.83. The van der Waals surface area contributed by atoms with E-state index < -0.39 is 0 Å². The summed E-state index contributed by atoms with van der Waals surface area (Å²) < 4.78 is 1.54. The predicted molar refractivity (Wildman–Crippen MR) is 58.9 cm³/mol. The predicted octanol–water partition coefficient (Wildman–Crippen LogP) is 1.45. The molecule has 2 aromatic rings. The van der Waals surface area contributed by atoms with Crippen molar-refractivity contribution in [2.75, 3.05) is 0 Å². The molecule has 0 saturated carbocycles. The Hall–Kier alpha value is -1.71. The third-order valence-electron chi connectivity index (χ3n) is 2.48. The Bertz CT molecular complexity index is 557. The Morgan fingerprint density at radius 1 is 1.27 bits per heavy atom. The van der Waals surface area contributed by atoms with Crippen LogP contribution in [-0.2, 0) is 7.05 Å². The van der Waals surface area contributed by atoms with E-state index in [0.29, 0.717) is 11.6 Å². The molecule has 78 valence electrons. The van der Waals surface area contributed by atoms with E-state index in [1.165, 1.54) is 6.33 Å². The summed E-state index contributed by atoms with van der Waals surface area (Å²) in [6.45, 7) is 4.15. The van der Waals surface area contributed by atoms with Crippen LogP contribution in [0.2, 0.25) is 0 Å². The molecule has 4 heteroatoms. The Labute approximate surface area is 87.6 Å². The summed E-state index contributed by atoms with van der Waals surface area (Å²) in [5.41, 5.74) is 1.63. The summed E-state index contributed by atoms with van der Waals surface area (Å²) in [5, 5.41) is 0.953. The molecule has 0 spiro atoms. The lowest BCUT2D eigenvalue weighted by Gasteiger charge is -2.09. The molecule has 0 saturated heterocycles. The van der Waals surface area contributed by atoms with Crippen LogP contribution in [0.25, 0.3) is 11.0 Å². The number of hydrogen-bond donors (Lipinski definition) is 0. The maximum atomic E-state index is 11.4. The molecule has 2 aromatic heterocycles. The summed E-state index contributed by atoms with van der Waals surface area (Å²) in [5.74, 6) is 0.327. The molecule has 0 unspecified atom stereocenters. The molecule has 0 atom stereocenters. The minimum absolute atomic E-state index is 0.0455. The Kier molecular flexibility index (Phi) is 2.26. The molecule has 0 N–H and O–H groups in total. The lowest BCUT2D eigenvalue weighted by Crippen LogP contribution is -2.17. The Morgan fingerprint density at radius 3 is 2.67 bits per heavy atom. The normalized spacial score (nSPS) is 11.2. The van der Waals surface area contributed by atoms with Crippen molar-refractivity contribution in [2.45, 2.75) is 19.8 Å². The topological polar surface area (TPSA) is 47.8 Å². The number of aromatic nitrogens is 3. The molecule has 0 aliphatic carbocycles. The highest BCUT2D eigenvalue weighted by Gasteiger charge is 2.09. The van der Waals surface area contributed by atoms with E-state index in [0.717, 1.165) is 11.1 Å². The summed E-state index contributed by atoms with van der Waals surface area (Å²) in [4.78, 5) is 19.8. The first-order valence-corrected chi connectivity index (χ1v) is 4.92. The van der Waals surface area contributed by atoms with Gasteiger partial charge in [0, 0.05) is 18.5 Å². The molecule has 0 fully saturated rings. The molecule has 0 aliphatic heterocycles. The van der Waals surface area contributed by atoms with Crippen LogP contribution in [0.15, 0.2) is 23.3 Å². The number of pyridine rings is 1. The van der Waals surface area contributed by atoms with E-state index in [9.17, 15) is 4.79 Å². The molecular formula is C11H13N3O. The van der Waals surface area contributed by atoms with Gasteiger partial charge in [0.25, 0.3) is 5.56 Å². The largest absolute Gasteiger partial charge is 0.296 e. The van der Waals surface area contributed by atoms with Gasteiger partial charge >= 0.3 is 0 Å². The second-order valence-corrected chi connectivity index (χ2v) is 3.88. The molecule has 0 bridgehead atoms. The highest BCUT2D eigenvalue weighted by molar-refractivity contribution is 5.77. The van der Waals surface area contributed by atoms with E-state index in [1.807, 2.05) is 0 Å². The standard InChI is InChI=1S/C11H13N3O/c1-7(2)10-8-4-5-9(15)14(3)11(8)13-6-12-10/h4-7H,1-3H3. The first-order valence-electron chi connectivity index (χ1n) is 4.92. The van der Waals surface area contributed by atoms with Gasteiger partial charge in [-0.2, -0.15) is 0 Å². The average molecular weight is 203 g/mol. The van der Waals surface area contributed by atoms with E-state index in [-0.39, 0.29) is 5.56 Å². The maximum absolute atomic E-state index is 11.4. The number of aryl methyl sites for hydroxylation is 1. The minimum Gasteiger partial charge on any atom is -0.296 e. The van der Waals surface area contributed by atoms with Crippen molar-refractivity contribution in [3.63, 3.8) is 0 Å². The van der Waals surface area contributed by atoms with Crippen LogP contribution in [-0.4, -0.2) is 14.5 Å². The zero-order valence-electron chi connectivity index (χ0n) is 9.06. The lowest BCUT2D eigenvalue weighted by molar-refractivity contribution is 0.815. The van der Waals surface area contributed by atoms with Crippen molar-refractivity contribution in [3.8, 4) is 0 Å². The molecule has 2 heterocycles. The molecule has 0 aromatic carbocycles. The highest BCUT2D eigenvalue weighted by atomic mass is 16.1. The number of rotatable bonds is 1. The van der Waals surface area contributed by atoms with E-state index >= 15 is 0 Å². The van der Waals surface area contributed by atoms with Crippen LogP contribution in [0, 0.1) is 0 Å². The summed E-state index contributed by atoms with van der Waals surface area (Å²) in [7, 11) is 1.72. The SMILES string of the molecule is CC(C)c1ncnc2c1ccc(=O)n2C. The first-order chi connectivity index (χ1) is 7.11. The van der Waals surface area contributed by atoms with Crippen LogP contribution >= 0.6 is 0 Å². The maximum Gasteiger partial charge on any atom is 0.251 e. The molecular weight excluding hydrogens is 190 g/mol. The van der Waals surface area contributed by atoms with Crippen molar-refractivity contribution < 1.29 is 0 Å². The lowest BCUT2D eigenvalue weighted by atomic mass is 10.1. The molecule has 15 heavy (non-hydrogen) atoms. The van der Waals surface area contributed by atoms with Gasteiger partial charge in [-0.25, -0.2) is 9.97 Å². The van der Waals surface area contributed by atoms with Gasteiger partial charge in [0.15, 0.2) is 0 Å². The van der Waals surface area contributed by atoms with Crippen molar-refractivity contribution >= 4 is 11.0 Å². The number of hydrogen-bond acceptors (Lipinski definition) is 3. The molecule has 2 rings (SSSR count). The van der Waals surface area contributed by atoms with Crippen molar-refractivity contribution in [1.29, 1.82) is 0 Å². The van der Waals surface area contributed by atoms with Crippen LogP contribution in [0.1, 0.15) is 25.5 Å². The molecule has 0 amide bonds. The second-order valence-electron chi connectivity index (χ2n) is 3.88. The molecule has 0 aliphatic rings. The third kappa shape index (κ3) is 1.52. The Balaban J connectivity index is 2.89. The summed E-state index contributed by atoms with van der Waals surface area (Å²) in [6, 6.07) is 3.35. The zero-order valence-corrected chi connectivity index (χ0v) is 9.06. The Morgan fingerprint density at radius 2 is 2.00 bits per heavy atom. The van der Waals surface area contributed by atoms with Gasteiger partial charge in [0.2, 0.25) is 0 Å². The van der Waals surface area contributed by atoms with Crippen LogP contribution in [0.4, 0.5) is 0 Å². The fraction of sp³-hybridized carbons (Fsp3) is 0.364. The third-order valence-corrected chi connectivity index (χ3v) is 2.48. The van der Waals surface area contributed by atoms with Gasteiger partial charge in [-0.05, 0) is 12.0 Å². The van der Waals surface area contributed by atoms with Crippen molar-refractivity contribution in [1.82, 2.24) is 14.5 Å². The van der Waals surface area contributed by atoms with Gasteiger partial charge in [0.1, 0.15) is 12.0 Å².